The molecule has 0 aromatic heterocycles. The molecule has 0 saturated heterocycles. The molecule has 4 aliphatic rings. The van der Waals surface area contributed by atoms with Crippen molar-refractivity contribution in [2.24, 2.45) is 28.6 Å². The van der Waals surface area contributed by atoms with Crippen LogP contribution in [0, 0.1) is 28.6 Å². The van der Waals surface area contributed by atoms with E-state index in [2.05, 4.69) is 13.8 Å². The van der Waals surface area contributed by atoms with Crippen molar-refractivity contribution in [1.29, 1.82) is 0 Å². The first kappa shape index (κ1) is 18.9. The number of Topliss-reactive ketones (excluding diaryl/α,β-unsaturated/α-hetero) is 1. The number of rotatable bonds is 1. The Labute approximate surface area is 155 Å². The normalized spacial score (nSPS) is 59.3. The molecule has 26 heavy (non-hydrogen) atoms. The molecule has 4 aliphatic carbocycles. The molecule has 4 N–H and O–H groups in total. The van der Waals surface area contributed by atoms with Crippen molar-refractivity contribution in [2.45, 2.75) is 95.5 Å². The lowest BCUT2D eigenvalue weighted by molar-refractivity contribution is -0.267. The molecule has 9 atom stereocenters. The highest BCUT2D eigenvalue weighted by atomic mass is 16.3. The van der Waals surface area contributed by atoms with Gasteiger partial charge in [-0.25, -0.2) is 0 Å². The zero-order chi connectivity index (χ0) is 19.1. The monoisotopic (exact) mass is 366 g/mol. The van der Waals surface area contributed by atoms with Gasteiger partial charge in [0.25, 0.3) is 0 Å². The summed E-state index contributed by atoms with van der Waals surface area (Å²) >= 11 is 0. The molecule has 5 heteroatoms. The van der Waals surface area contributed by atoms with E-state index >= 15 is 0 Å². The molecule has 0 unspecified atom stereocenters. The minimum Gasteiger partial charge on any atom is -0.393 e. The lowest BCUT2D eigenvalue weighted by Crippen LogP contribution is -2.69. The van der Waals surface area contributed by atoms with Gasteiger partial charge in [-0.3, -0.25) is 4.79 Å². The fourth-order valence-electron chi connectivity index (χ4n) is 7.85. The number of fused-ring (bicyclic) bond motifs is 5. The van der Waals surface area contributed by atoms with Crippen LogP contribution in [-0.2, 0) is 4.79 Å². The first-order valence-electron chi connectivity index (χ1n) is 10.3. The van der Waals surface area contributed by atoms with Crippen LogP contribution < -0.4 is 0 Å². The van der Waals surface area contributed by atoms with Gasteiger partial charge in [0, 0.05) is 17.3 Å². The van der Waals surface area contributed by atoms with Crippen molar-refractivity contribution in [3.8, 4) is 0 Å². The van der Waals surface area contributed by atoms with Gasteiger partial charge in [0.05, 0.1) is 17.8 Å². The number of carbonyl (C=O) groups is 1. The molecular formula is C21H34O5. The standard InChI is InChI=1S/C21H34O5/c1-12(22)20(25)9-6-16-14-10-17(24)21(26)11-13(23)4-7-19(21,3)15(14)5-8-18(16,20)2/h13-17,23-26H,4-11H2,1-3H3/t13-,14-,15+,16-,17+,18+,19-,20+,21+/m1/s1. The van der Waals surface area contributed by atoms with E-state index in [0.29, 0.717) is 25.7 Å². The third-order valence-electron chi connectivity index (χ3n) is 9.57. The largest absolute Gasteiger partial charge is 0.393 e. The maximum absolute atomic E-state index is 12.3. The molecular weight excluding hydrogens is 332 g/mol. The van der Waals surface area contributed by atoms with Gasteiger partial charge in [-0.15, -0.1) is 0 Å². The van der Waals surface area contributed by atoms with Gasteiger partial charge in [-0.2, -0.15) is 0 Å². The van der Waals surface area contributed by atoms with Crippen LogP contribution in [0.25, 0.3) is 0 Å². The second-order valence-electron chi connectivity index (χ2n) is 10.3. The van der Waals surface area contributed by atoms with E-state index in [4.69, 9.17) is 0 Å². The zero-order valence-electron chi connectivity index (χ0n) is 16.2. The van der Waals surface area contributed by atoms with Crippen molar-refractivity contribution in [2.75, 3.05) is 0 Å². The van der Waals surface area contributed by atoms with Crippen molar-refractivity contribution in [1.82, 2.24) is 0 Å². The summed E-state index contributed by atoms with van der Waals surface area (Å²) < 4.78 is 0. The Kier molecular flexibility index (Phi) is 4.01. The quantitative estimate of drug-likeness (QED) is 0.567. The van der Waals surface area contributed by atoms with E-state index in [9.17, 15) is 25.2 Å². The fourth-order valence-corrected chi connectivity index (χ4v) is 7.85. The Morgan fingerprint density at radius 3 is 2.15 bits per heavy atom. The molecule has 4 fully saturated rings. The predicted molar refractivity (Wildman–Crippen MR) is 96.2 cm³/mol. The van der Waals surface area contributed by atoms with Crippen LogP contribution in [0.15, 0.2) is 0 Å². The van der Waals surface area contributed by atoms with E-state index in [1.54, 1.807) is 0 Å². The summed E-state index contributed by atoms with van der Waals surface area (Å²) in [6, 6.07) is 0. The van der Waals surface area contributed by atoms with Crippen LogP contribution in [-0.4, -0.2) is 49.6 Å². The van der Waals surface area contributed by atoms with Gasteiger partial charge in [0.1, 0.15) is 5.60 Å². The molecule has 0 aromatic carbocycles. The molecule has 148 valence electrons. The van der Waals surface area contributed by atoms with Crippen LogP contribution in [0.5, 0.6) is 0 Å². The smallest absolute Gasteiger partial charge is 0.161 e. The highest BCUT2D eigenvalue weighted by Crippen LogP contribution is 2.69. The third kappa shape index (κ3) is 2.04. The summed E-state index contributed by atoms with van der Waals surface area (Å²) in [4.78, 5) is 12.3. The number of aliphatic hydroxyl groups is 4. The van der Waals surface area contributed by atoms with Gasteiger partial charge in [0.2, 0.25) is 0 Å². The molecule has 0 radical (unpaired) electrons. The van der Waals surface area contributed by atoms with Gasteiger partial charge >= 0.3 is 0 Å². The Balaban J connectivity index is 1.72. The van der Waals surface area contributed by atoms with Crippen molar-refractivity contribution >= 4 is 5.78 Å². The van der Waals surface area contributed by atoms with Crippen LogP contribution in [0.2, 0.25) is 0 Å². The summed E-state index contributed by atoms with van der Waals surface area (Å²) in [6.45, 7) is 5.65. The molecule has 0 aromatic rings. The van der Waals surface area contributed by atoms with Crippen LogP contribution in [0.1, 0.15) is 72.1 Å². The Hall–Kier alpha value is -0.490. The van der Waals surface area contributed by atoms with Crippen molar-refractivity contribution < 1.29 is 25.2 Å². The minimum atomic E-state index is -1.26. The summed E-state index contributed by atoms with van der Waals surface area (Å²) in [6.07, 6.45) is 3.63. The molecule has 0 spiro atoms. The van der Waals surface area contributed by atoms with Gasteiger partial charge in [0.15, 0.2) is 5.78 Å². The maximum atomic E-state index is 12.3. The summed E-state index contributed by atoms with van der Waals surface area (Å²) in [5, 5.41) is 43.6. The number of carbonyl (C=O) groups excluding carboxylic acids is 1. The van der Waals surface area contributed by atoms with E-state index in [-0.39, 0.29) is 30.0 Å². The summed E-state index contributed by atoms with van der Waals surface area (Å²) in [5.74, 6) is 0.521. The average molecular weight is 366 g/mol. The van der Waals surface area contributed by atoms with E-state index in [1.807, 2.05) is 0 Å². The number of ketones is 1. The van der Waals surface area contributed by atoms with E-state index < -0.39 is 34.2 Å². The van der Waals surface area contributed by atoms with Gasteiger partial charge in [-0.1, -0.05) is 13.8 Å². The third-order valence-corrected chi connectivity index (χ3v) is 9.57. The summed E-state index contributed by atoms with van der Waals surface area (Å²) in [5.41, 5.74) is -3.37. The fraction of sp³-hybridized carbons (Fsp3) is 0.952. The van der Waals surface area contributed by atoms with Crippen molar-refractivity contribution in [3.63, 3.8) is 0 Å². The minimum absolute atomic E-state index is 0.138. The Bertz CT molecular complexity index is 622. The lowest BCUT2D eigenvalue weighted by atomic mass is 9.42. The van der Waals surface area contributed by atoms with Crippen LogP contribution in [0.4, 0.5) is 0 Å². The second-order valence-corrected chi connectivity index (χ2v) is 10.3. The average Bonchev–Trinajstić information content (AvgIpc) is 2.84. The summed E-state index contributed by atoms with van der Waals surface area (Å²) in [7, 11) is 0. The highest BCUT2D eigenvalue weighted by molar-refractivity contribution is 5.86. The molecule has 4 rings (SSSR count). The molecule has 0 aliphatic heterocycles. The highest BCUT2D eigenvalue weighted by Gasteiger charge is 2.70. The van der Waals surface area contributed by atoms with E-state index in [0.717, 1.165) is 19.3 Å². The zero-order valence-corrected chi connectivity index (χ0v) is 16.2. The van der Waals surface area contributed by atoms with Crippen LogP contribution >= 0.6 is 0 Å². The first-order chi connectivity index (χ1) is 12.0. The van der Waals surface area contributed by atoms with Gasteiger partial charge in [-0.05, 0) is 69.6 Å². The van der Waals surface area contributed by atoms with Crippen molar-refractivity contribution in [3.05, 3.63) is 0 Å². The molecule has 0 heterocycles. The number of hydrogen-bond acceptors (Lipinski definition) is 5. The number of aliphatic hydroxyl groups excluding tert-OH is 2. The molecule has 4 saturated carbocycles. The first-order valence-corrected chi connectivity index (χ1v) is 10.3. The maximum Gasteiger partial charge on any atom is 0.161 e. The Morgan fingerprint density at radius 1 is 0.923 bits per heavy atom. The SMILES string of the molecule is CC(=O)[C@@]1(O)CC[C@@H]2[C@@H]3C[C@H](O)[C@@]4(O)C[C@H](O)CC[C@]4(C)[C@H]3CC[C@@]21C. The molecule has 5 nitrogen and oxygen atoms in total. The van der Waals surface area contributed by atoms with Crippen LogP contribution in [0.3, 0.4) is 0 Å². The van der Waals surface area contributed by atoms with E-state index in [1.165, 1.54) is 6.92 Å². The van der Waals surface area contributed by atoms with Gasteiger partial charge < -0.3 is 20.4 Å². The number of hydrogen-bond donors (Lipinski definition) is 4. The molecule has 0 amide bonds. The Morgan fingerprint density at radius 2 is 1.50 bits per heavy atom. The second kappa shape index (κ2) is 5.53. The topological polar surface area (TPSA) is 98.0 Å². The lowest BCUT2D eigenvalue weighted by Gasteiger charge is -2.65. The molecule has 0 bridgehead atoms. The predicted octanol–water partition coefficient (Wildman–Crippen LogP) is 1.80.